The van der Waals surface area contributed by atoms with Gasteiger partial charge in [-0.1, -0.05) is 6.92 Å². The summed E-state index contributed by atoms with van der Waals surface area (Å²) in [5.74, 6) is -0.766. The van der Waals surface area contributed by atoms with Gasteiger partial charge in [0.05, 0.1) is 5.69 Å². The van der Waals surface area contributed by atoms with Gasteiger partial charge in [0.25, 0.3) is 5.91 Å². The highest BCUT2D eigenvalue weighted by Gasteiger charge is 2.29. The van der Waals surface area contributed by atoms with E-state index in [9.17, 15) is 9.59 Å². The maximum absolute atomic E-state index is 12.4. The van der Waals surface area contributed by atoms with Gasteiger partial charge in [-0.05, 0) is 31.2 Å². The van der Waals surface area contributed by atoms with Crippen LogP contribution in [0.1, 0.15) is 35.9 Å². The minimum Gasteiger partial charge on any atom is -0.480 e. The van der Waals surface area contributed by atoms with Gasteiger partial charge < -0.3 is 10.0 Å². The van der Waals surface area contributed by atoms with E-state index >= 15 is 0 Å². The number of amides is 1. The van der Waals surface area contributed by atoms with E-state index in [1.54, 1.807) is 13.1 Å². The predicted octanol–water partition coefficient (Wildman–Crippen LogP) is 0.919. The van der Waals surface area contributed by atoms with E-state index in [-0.39, 0.29) is 12.5 Å². The van der Waals surface area contributed by atoms with Crippen molar-refractivity contribution in [3.05, 3.63) is 17.5 Å². The van der Waals surface area contributed by atoms with Crippen molar-refractivity contribution < 1.29 is 14.7 Å². The first-order valence-corrected chi connectivity index (χ1v) is 6.55. The van der Waals surface area contributed by atoms with E-state index in [1.165, 1.54) is 9.58 Å². The Morgan fingerprint density at radius 1 is 1.53 bits per heavy atom. The molecule has 104 valence electrons. The Labute approximate surface area is 112 Å². The summed E-state index contributed by atoms with van der Waals surface area (Å²) in [7, 11) is 1.71. The van der Waals surface area contributed by atoms with Crippen molar-refractivity contribution in [1.29, 1.82) is 0 Å². The molecule has 0 unspecified atom stereocenters. The van der Waals surface area contributed by atoms with Gasteiger partial charge in [-0.25, -0.2) is 0 Å². The van der Waals surface area contributed by atoms with Gasteiger partial charge >= 0.3 is 5.97 Å². The van der Waals surface area contributed by atoms with Crippen molar-refractivity contribution in [3.63, 3.8) is 0 Å². The SMILES string of the molecule is CCc1cc(C(=O)N(CC(=O)O)CC2CC2)n(C)n1. The lowest BCUT2D eigenvalue weighted by Crippen LogP contribution is -2.38. The van der Waals surface area contributed by atoms with Crippen LogP contribution in [0.25, 0.3) is 0 Å². The normalized spacial score (nSPS) is 14.4. The number of nitrogens with zero attached hydrogens (tertiary/aromatic N) is 3. The molecule has 1 aromatic rings. The summed E-state index contributed by atoms with van der Waals surface area (Å²) in [6.45, 7) is 2.25. The van der Waals surface area contributed by atoms with Crippen molar-refractivity contribution in [2.75, 3.05) is 13.1 Å². The maximum atomic E-state index is 12.4. The molecular weight excluding hydrogens is 246 g/mol. The molecule has 19 heavy (non-hydrogen) atoms. The second-order valence-corrected chi connectivity index (χ2v) is 5.02. The van der Waals surface area contributed by atoms with Gasteiger partial charge in [-0.2, -0.15) is 5.10 Å². The van der Waals surface area contributed by atoms with E-state index in [2.05, 4.69) is 5.10 Å². The molecule has 0 bridgehead atoms. The van der Waals surface area contributed by atoms with Crippen LogP contribution in [-0.4, -0.2) is 44.8 Å². The molecule has 1 N–H and O–H groups in total. The molecule has 0 radical (unpaired) electrons. The quantitative estimate of drug-likeness (QED) is 0.830. The molecule has 1 amide bonds. The standard InChI is InChI=1S/C13H19N3O3/c1-3-10-6-11(15(2)14-10)13(19)16(8-12(17)18)7-9-4-5-9/h6,9H,3-5,7-8H2,1-2H3,(H,17,18). The Hall–Kier alpha value is -1.85. The molecule has 1 fully saturated rings. The van der Waals surface area contributed by atoms with Crippen LogP contribution in [0, 0.1) is 5.92 Å². The van der Waals surface area contributed by atoms with Crippen molar-refractivity contribution >= 4 is 11.9 Å². The number of carboxylic acid groups (broad SMARTS) is 1. The Morgan fingerprint density at radius 2 is 2.21 bits per heavy atom. The van der Waals surface area contributed by atoms with Crippen LogP contribution >= 0.6 is 0 Å². The number of rotatable bonds is 6. The third kappa shape index (κ3) is 3.33. The molecule has 1 saturated carbocycles. The van der Waals surface area contributed by atoms with Gasteiger partial charge in [-0.15, -0.1) is 0 Å². The van der Waals surface area contributed by atoms with E-state index in [4.69, 9.17) is 5.11 Å². The van der Waals surface area contributed by atoms with Gasteiger partial charge in [-0.3, -0.25) is 14.3 Å². The van der Waals surface area contributed by atoms with Crippen molar-refractivity contribution in [3.8, 4) is 0 Å². The van der Waals surface area contributed by atoms with Crippen LogP contribution in [0.4, 0.5) is 0 Å². The second kappa shape index (κ2) is 5.42. The third-order valence-corrected chi connectivity index (χ3v) is 3.30. The Balaban J connectivity index is 2.16. The zero-order chi connectivity index (χ0) is 14.0. The zero-order valence-corrected chi connectivity index (χ0v) is 11.3. The van der Waals surface area contributed by atoms with Crippen LogP contribution in [-0.2, 0) is 18.3 Å². The van der Waals surface area contributed by atoms with Crippen LogP contribution in [0.15, 0.2) is 6.07 Å². The molecule has 0 aliphatic heterocycles. The fourth-order valence-corrected chi connectivity index (χ4v) is 2.06. The lowest BCUT2D eigenvalue weighted by atomic mass is 10.2. The Kier molecular flexibility index (Phi) is 3.87. The van der Waals surface area contributed by atoms with Gasteiger partial charge in [0.15, 0.2) is 0 Å². The summed E-state index contributed by atoms with van der Waals surface area (Å²) in [5.41, 5.74) is 1.30. The first-order valence-electron chi connectivity index (χ1n) is 6.55. The fourth-order valence-electron chi connectivity index (χ4n) is 2.06. The van der Waals surface area contributed by atoms with E-state index < -0.39 is 5.97 Å². The molecule has 0 aromatic carbocycles. The monoisotopic (exact) mass is 265 g/mol. The maximum Gasteiger partial charge on any atom is 0.323 e. The average molecular weight is 265 g/mol. The van der Waals surface area contributed by atoms with Gasteiger partial charge in [0, 0.05) is 13.6 Å². The largest absolute Gasteiger partial charge is 0.480 e. The lowest BCUT2D eigenvalue weighted by Gasteiger charge is -2.20. The van der Waals surface area contributed by atoms with Crippen molar-refractivity contribution in [1.82, 2.24) is 14.7 Å². The minimum atomic E-state index is -0.980. The first kappa shape index (κ1) is 13.6. The van der Waals surface area contributed by atoms with Crippen LogP contribution in [0.3, 0.4) is 0 Å². The zero-order valence-electron chi connectivity index (χ0n) is 11.3. The van der Waals surface area contributed by atoms with E-state index in [1.807, 2.05) is 6.92 Å². The van der Waals surface area contributed by atoms with Crippen LogP contribution in [0.2, 0.25) is 0 Å². The van der Waals surface area contributed by atoms with Gasteiger partial charge in [0.2, 0.25) is 0 Å². The van der Waals surface area contributed by atoms with Crippen LogP contribution in [0.5, 0.6) is 0 Å². The molecule has 1 heterocycles. The Bertz CT molecular complexity index is 491. The number of hydrogen-bond donors (Lipinski definition) is 1. The van der Waals surface area contributed by atoms with Crippen LogP contribution < -0.4 is 0 Å². The highest BCUT2D eigenvalue weighted by atomic mass is 16.4. The number of aryl methyl sites for hydroxylation is 2. The second-order valence-electron chi connectivity index (χ2n) is 5.02. The molecular formula is C13H19N3O3. The molecule has 0 spiro atoms. The summed E-state index contributed by atoms with van der Waals surface area (Å²) in [6, 6.07) is 1.74. The highest BCUT2D eigenvalue weighted by molar-refractivity contribution is 5.94. The lowest BCUT2D eigenvalue weighted by molar-refractivity contribution is -0.137. The summed E-state index contributed by atoms with van der Waals surface area (Å²) >= 11 is 0. The summed E-state index contributed by atoms with van der Waals surface area (Å²) in [6.07, 6.45) is 2.91. The van der Waals surface area contributed by atoms with Crippen molar-refractivity contribution in [2.45, 2.75) is 26.2 Å². The number of aliphatic carboxylic acids is 1. The first-order chi connectivity index (χ1) is 9.01. The summed E-state index contributed by atoms with van der Waals surface area (Å²) < 4.78 is 1.53. The molecule has 0 saturated heterocycles. The number of carbonyl (C=O) groups is 2. The highest BCUT2D eigenvalue weighted by Crippen LogP contribution is 2.30. The number of aromatic nitrogens is 2. The minimum absolute atomic E-state index is 0.246. The molecule has 0 atom stereocenters. The molecule has 6 heteroatoms. The third-order valence-electron chi connectivity index (χ3n) is 3.30. The van der Waals surface area contributed by atoms with E-state index in [0.717, 1.165) is 25.0 Å². The Morgan fingerprint density at radius 3 is 2.68 bits per heavy atom. The molecule has 1 aliphatic rings. The average Bonchev–Trinajstić information content (AvgIpc) is 3.08. The number of carbonyl (C=O) groups excluding carboxylic acids is 1. The smallest absolute Gasteiger partial charge is 0.323 e. The number of hydrogen-bond acceptors (Lipinski definition) is 3. The molecule has 6 nitrogen and oxygen atoms in total. The molecule has 2 rings (SSSR count). The molecule has 1 aliphatic carbocycles. The fraction of sp³-hybridized carbons (Fsp3) is 0.615. The van der Waals surface area contributed by atoms with Crippen molar-refractivity contribution in [2.24, 2.45) is 13.0 Å². The number of carboxylic acids is 1. The molecule has 1 aromatic heterocycles. The predicted molar refractivity (Wildman–Crippen MR) is 68.8 cm³/mol. The summed E-state index contributed by atoms with van der Waals surface area (Å²) in [5, 5.41) is 13.1. The van der Waals surface area contributed by atoms with E-state index in [0.29, 0.717) is 18.2 Å². The summed E-state index contributed by atoms with van der Waals surface area (Å²) in [4.78, 5) is 24.7. The topological polar surface area (TPSA) is 75.4 Å². The van der Waals surface area contributed by atoms with Gasteiger partial charge in [0.1, 0.15) is 12.2 Å².